The number of carbonyl (C=O) groups is 1. The van der Waals surface area contributed by atoms with Gasteiger partial charge < -0.3 is 5.32 Å². The van der Waals surface area contributed by atoms with Crippen LogP contribution in [0.3, 0.4) is 0 Å². The summed E-state index contributed by atoms with van der Waals surface area (Å²) in [4.78, 5) is 12.0. The smallest absolute Gasteiger partial charge is 0.226 e. The number of benzene rings is 1. The highest BCUT2D eigenvalue weighted by Gasteiger charge is 2.09. The molecule has 0 saturated carbocycles. The molecular formula is C17H23N3OS. The lowest BCUT2D eigenvalue weighted by molar-refractivity contribution is -0.116. The van der Waals surface area contributed by atoms with Crippen LogP contribution in [-0.2, 0) is 24.1 Å². The van der Waals surface area contributed by atoms with E-state index >= 15 is 0 Å². The lowest BCUT2D eigenvalue weighted by Gasteiger charge is -2.03. The Kier molecular flexibility index (Phi) is 6.07. The highest BCUT2D eigenvalue weighted by atomic mass is 32.1. The summed E-state index contributed by atoms with van der Waals surface area (Å²) in [7, 11) is 0. The van der Waals surface area contributed by atoms with Crippen molar-refractivity contribution >= 4 is 22.4 Å². The van der Waals surface area contributed by atoms with Gasteiger partial charge in [0.15, 0.2) is 0 Å². The molecule has 4 nitrogen and oxygen atoms in total. The van der Waals surface area contributed by atoms with Gasteiger partial charge in [0.1, 0.15) is 5.01 Å². The second-order valence-electron chi connectivity index (χ2n) is 5.82. The summed E-state index contributed by atoms with van der Waals surface area (Å²) in [6.45, 7) is 6.42. The highest BCUT2D eigenvalue weighted by molar-refractivity contribution is 7.15. The molecule has 0 saturated heterocycles. The van der Waals surface area contributed by atoms with E-state index in [2.05, 4.69) is 60.6 Å². The van der Waals surface area contributed by atoms with E-state index in [4.69, 9.17) is 0 Å². The van der Waals surface area contributed by atoms with Gasteiger partial charge >= 0.3 is 0 Å². The number of nitrogens with one attached hydrogen (secondary N) is 1. The third-order valence-electron chi connectivity index (χ3n) is 3.37. The van der Waals surface area contributed by atoms with Crippen molar-refractivity contribution < 1.29 is 4.79 Å². The topological polar surface area (TPSA) is 54.9 Å². The summed E-state index contributed by atoms with van der Waals surface area (Å²) in [5.74, 6) is 0.536. The van der Waals surface area contributed by atoms with Gasteiger partial charge in [-0.3, -0.25) is 4.79 Å². The van der Waals surface area contributed by atoms with Gasteiger partial charge in [-0.25, -0.2) is 0 Å². The number of aryl methyl sites for hydroxylation is 2. The molecule has 2 aromatic rings. The second-order valence-corrected chi connectivity index (χ2v) is 6.88. The summed E-state index contributed by atoms with van der Waals surface area (Å²) in [6, 6.07) is 8.43. The zero-order chi connectivity index (χ0) is 15.9. The van der Waals surface area contributed by atoms with Crippen molar-refractivity contribution in [2.75, 3.05) is 5.32 Å². The molecule has 0 aliphatic heterocycles. The molecule has 0 fully saturated rings. The van der Waals surface area contributed by atoms with Crippen molar-refractivity contribution in [2.45, 2.75) is 46.5 Å². The van der Waals surface area contributed by atoms with Crippen LogP contribution in [0.5, 0.6) is 0 Å². The van der Waals surface area contributed by atoms with Gasteiger partial charge in [0.2, 0.25) is 11.0 Å². The van der Waals surface area contributed by atoms with Gasteiger partial charge in [0, 0.05) is 12.8 Å². The number of hydrogen-bond acceptors (Lipinski definition) is 4. The van der Waals surface area contributed by atoms with Gasteiger partial charge in [-0.05, 0) is 29.9 Å². The summed E-state index contributed by atoms with van der Waals surface area (Å²) in [5.41, 5.74) is 2.50. The molecule has 1 heterocycles. The van der Waals surface area contributed by atoms with E-state index in [9.17, 15) is 4.79 Å². The molecule has 0 radical (unpaired) electrons. The molecule has 1 aromatic carbocycles. The lowest BCUT2D eigenvalue weighted by atomic mass is 10.1. The van der Waals surface area contributed by atoms with E-state index < -0.39 is 0 Å². The quantitative estimate of drug-likeness (QED) is 0.843. The number of aromatic nitrogens is 2. The molecule has 1 aromatic heterocycles. The number of anilines is 1. The van der Waals surface area contributed by atoms with E-state index in [0.717, 1.165) is 24.3 Å². The molecular weight excluding hydrogens is 294 g/mol. The average Bonchev–Trinajstić information content (AvgIpc) is 2.92. The molecule has 5 heteroatoms. The Hall–Kier alpha value is -1.75. The summed E-state index contributed by atoms with van der Waals surface area (Å²) < 4.78 is 0. The fraction of sp³-hybridized carbons (Fsp3) is 0.471. The summed E-state index contributed by atoms with van der Waals surface area (Å²) in [5, 5.41) is 12.5. The Morgan fingerprint density at radius 2 is 1.86 bits per heavy atom. The summed E-state index contributed by atoms with van der Waals surface area (Å²) in [6.07, 6.45) is 3.14. The SMILES string of the molecule is CCc1ccc(CCC(=O)Nc2nnc(CC(C)C)s2)cc1. The van der Waals surface area contributed by atoms with Crippen molar-refractivity contribution in [1.82, 2.24) is 10.2 Å². The fourth-order valence-corrected chi connectivity index (χ4v) is 3.09. The largest absolute Gasteiger partial charge is 0.301 e. The molecule has 0 unspecified atom stereocenters. The molecule has 22 heavy (non-hydrogen) atoms. The Labute approximate surface area is 136 Å². The molecule has 0 atom stereocenters. The Balaban J connectivity index is 1.80. The van der Waals surface area contributed by atoms with Crippen LogP contribution in [0.25, 0.3) is 0 Å². The van der Waals surface area contributed by atoms with Crippen LogP contribution in [-0.4, -0.2) is 16.1 Å². The van der Waals surface area contributed by atoms with Crippen molar-refractivity contribution in [2.24, 2.45) is 5.92 Å². The van der Waals surface area contributed by atoms with Crippen molar-refractivity contribution in [3.8, 4) is 0 Å². The molecule has 0 aliphatic carbocycles. The first-order valence-corrected chi connectivity index (χ1v) is 8.58. The molecule has 1 N–H and O–H groups in total. The normalized spacial score (nSPS) is 10.9. The zero-order valence-electron chi connectivity index (χ0n) is 13.4. The molecule has 0 aliphatic rings. The van der Waals surface area contributed by atoms with Crippen molar-refractivity contribution in [3.63, 3.8) is 0 Å². The van der Waals surface area contributed by atoms with Gasteiger partial charge in [-0.2, -0.15) is 0 Å². The predicted molar refractivity (Wildman–Crippen MR) is 91.2 cm³/mol. The van der Waals surface area contributed by atoms with Crippen molar-refractivity contribution in [1.29, 1.82) is 0 Å². The van der Waals surface area contributed by atoms with E-state index in [1.54, 1.807) is 0 Å². The van der Waals surface area contributed by atoms with Crippen LogP contribution in [0, 0.1) is 5.92 Å². The standard InChI is InChI=1S/C17H23N3OS/c1-4-13-5-7-14(8-6-13)9-10-15(21)18-17-20-19-16(22-17)11-12(2)3/h5-8,12H,4,9-11H2,1-3H3,(H,18,20,21). The van der Waals surface area contributed by atoms with Crippen LogP contribution < -0.4 is 5.32 Å². The van der Waals surface area contributed by atoms with E-state index in [1.165, 1.54) is 22.5 Å². The van der Waals surface area contributed by atoms with Crippen LogP contribution in [0.2, 0.25) is 0 Å². The molecule has 0 bridgehead atoms. The van der Waals surface area contributed by atoms with Gasteiger partial charge in [0.05, 0.1) is 0 Å². The maximum absolute atomic E-state index is 12.0. The minimum Gasteiger partial charge on any atom is -0.301 e. The predicted octanol–water partition coefficient (Wildman–Crippen LogP) is 3.87. The number of carbonyl (C=O) groups excluding carboxylic acids is 1. The zero-order valence-corrected chi connectivity index (χ0v) is 14.2. The molecule has 2 rings (SSSR count). The highest BCUT2D eigenvalue weighted by Crippen LogP contribution is 2.18. The van der Waals surface area contributed by atoms with E-state index in [1.807, 2.05) is 0 Å². The Morgan fingerprint density at radius 1 is 1.18 bits per heavy atom. The third-order valence-corrected chi connectivity index (χ3v) is 4.23. The van der Waals surface area contributed by atoms with Crippen LogP contribution >= 0.6 is 11.3 Å². The lowest BCUT2D eigenvalue weighted by Crippen LogP contribution is -2.12. The van der Waals surface area contributed by atoms with E-state index in [-0.39, 0.29) is 5.91 Å². The first-order valence-electron chi connectivity index (χ1n) is 7.77. The molecule has 118 valence electrons. The van der Waals surface area contributed by atoms with Crippen molar-refractivity contribution in [3.05, 3.63) is 40.4 Å². The monoisotopic (exact) mass is 317 g/mol. The van der Waals surface area contributed by atoms with Gasteiger partial charge in [0.25, 0.3) is 0 Å². The van der Waals surface area contributed by atoms with Crippen LogP contribution in [0.15, 0.2) is 24.3 Å². The molecule has 0 spiro atoms. The first kappa shape index (κ1) is 16.6. The number of nitrogens with zero attached hydrogens (tertiary/aromatic N) is 2. The van der Waals surface area contributed by atoms with Gasteiger partial charge in [-0.1, -0.05) is 56.4 Å². The minimum atomic E-state index is -0.00758. The summed E-state index contributed by atoms with van der Waals surface area (Å²) >= 11 is 1.46. The van der Waals surface area contributed by atoms with Gasteiger partial charge in [-0.15, -0.1) is 10.2 Å². The minimum absolute atomic E-state index is 0.00758. The van der Waals surface area contributed by atoms with Crippen LogP contribution in [0.4, 0.5) is 5.13 Å². The second kappa shape index (κ2) is 8.03. The Morgan fingerprint density at radius 3 is 2.50 bits per heavy atom. The number of rotatable bonds is 7. The Bertz CT molecular complexity index is 605. The number of hydrogen-bond donors (Lipinski definition) is 1. The first-order chi connectivity index (χ1) is 10.6. The maximum Gasteiger partial charge on any atom is 0.226 e. The number of amides is 1. The van der Waals surface area contributed by atoms with Crippen LogP contribution in [0.1, 0.15) is 43.3 Å². The fourth-order valence-electron chi connectivity index (χ4n) is 2.12. The van der Waals surface area contributed by atoms with E-state index in [0.29, 0.717) is 17.5 Å². The maximum atomic E-state index is 12.0. The average molecular weight is 317 g/mol. The molecule has 1 amide bonds. The third kappa shape index (κ3) is 5.22.